The summed E-state index contributed by atoms with van der Waals surface area (Å²) in [5, 5.41) is 5.70. The van der Waals surface area contributed by atoms with Gasteiger partial charge in [0.1, 0.15) is 0 Å². The molecule has 2 aliphatic rings. The van der Waals surface area contributed by atoms with Gasteiger partial charge in [0, 0.05) is 50.4 Å². The average Bonchev–Trinajstić information content (AvgIpc) is 3.26. The number of carbonyl (C=O) groups excluding carboxylic acids is 3. The quantitative estimate of drug-likeness (QED) is 0.688. The van der Waals surface area contributed by atoms with Crippen molar-refractivity contribution in [1.82, 2.24) is 15.5 Å². The highest BCUT2D eigenvalue weighted by molar-refractivity contribution is 5.95. The zero-order valence-electron chi connectivity index (χ0n) is 19.8. The molecule has 180 valence electrons. The van der Waals surface area contributed by atoms with E-state index >= 15 is 0 Å². The molecule has 0 bridgehead atoms. The standard InChI is InChI=1S/C26H32N4O4/c1-18-16-29(17-19(2)34-18)25(32)22-10-8-20(9-11-22)14-27-26(33)28-15-21-5-3-6-23(13-21)30-12-4-7-24(30)31/h3,5-6,8-11,13,18-19H,4,7,12,14-17H2,1-2H3,(H2,27,28,33). The third-order valence-electron chi connectivity index (χ3n) is 6.11. The fourth-order valence-corrected chi connectivity index (χ4v) is 4.47. The van der Waals surface area contributed by atoms with Crippen LogP contribution in [0.3, 0.4) is 0 Å². The van der Waals surface area contributed by atoms with Crippen molar-refractivity contribution in [2.45, 2.75) is 52.0 Å². The molecule has 2 aromatic rings. The average molecular weight is 465 g/mol. The minimum atomic E-state index is -0.279. The Morgan fingerprint density at radius 2 is 1.65 bits per heavy atom. The van der Waals surface area contributed by atoms with Crippen LogP contribution < -0.4 is 15.5 Å². The van der Waals surface area contributed by atoms with E-state index in [1.54, 1.807) is 17.0 Å². The van der Waals surface area contributed by atoms with E-state index in [2.05, 4.69) is 10.6 Å². The number of benzene rings is 2. The molecule has 2 atom stereocenters. The van der Waals surface area contributed by atoms with Gasteiger partial charge in [-0.2, -0.15) is 0 Å². The molecule has 2 heterocycles. The first-order valence-corrected chi connectivity index (χ1v) is 11.8. The molecule has 0 spiro atoms. The number of hydrogen-bond donors (Lipinski definition) is 2. The first-order valence-electron chi connectivity index (χ1n) is 11.8. The molecule has 2 aromatic carbocycles. The Morgan fingerprint density at radius 3 is 2.29 bits per heavy atom. The maximum atomic E-state index is 12.8. The van der Waals surface area contributed by atoms with Crippen LogP contribution in [-0.4, -0.2) is 54.6 Å². The lowest BCUT2D eigenvalue weighted by Crippen LogP contribution is -2.48. The number of amides is 4. The number of morpholine rings is 1. The summed E-state index contributed by atoms with van der Waals surface area (Å²) in [6.45, 7) is 6.58. The lowest BCUT2D eigenvalue weighted by molar-refractivity contribution is -0.117. The summed E-state index contributed by atoms with van der Waals surface area (Å²) >= 11 is 0. The van der Waals surface area contributed by atoms with E-state index in [1.165, 1.54) is 0 Å². The number of carbonyl (C=O) groups is 3. The topological polar surface area (TPSA) is 91.0 Å². The maximum Gasteiger partial charge on any atom is 0.315 e. The molecule has 4 amide bonds. The second kappa shape index (κ2) is 10.7. The van der Waals surface area contributed by atoms with Gasteiger partial charge in [0.15, 0.2) is 0 Å². The van der Waals surface area contributed by atoms with E-state index in [0.717, 1.165) is 29.8 Å². The first kappa shape index (κ1) is 23.8. The molecule has 2 N–H and O–H groups in total. The highest BCUT2D eigenvalue weighted by Crippen LogP contribution is 2.22. The molecule has 0 aromatic heterocycles. The van der Waals surface area contributed by atoms with Crippen molar-refractivity contribution in [3.8, 4) is 0 Å². The van der Waals surface area contributed by atoms with Crippen molar-refractivity contribution in [3.05, 3.63) is 65.2 Å². The van der Waals surface area contributed by atoms with Gasteiger partial charge < -0.3 is 25.2 Å². The van der Waals surface area contributed by atoms with E-state index in [4.69, 9.17) is 4.74 Å². The first-order chi connectivity index (χ1) is 16.4. The van der Waals surface area contributed by atoms with Gasteiger partial charge in [-0.15, -0.1) is 0 Å². The Balaban J connectivity index is 1.24. The number of anilines is 1. The normalized spacial score (nSPS) is 20.4. The predicted octanol–water partition coefficient (Wildman–Crippen LogP) is 3.06. The highest BCUT2D eigenvalue weighted by Gasteiger charge is 2.26. The fraction of sp³-hybridized carbons (Fsp3) is 0.423. The van der Waals surface area contributed by atoms with Crippen LogP contribution in [0.4, 0.5) is 10.5 Å². The summed E-state index contributed by atoms with van der Waals surface area (Å²) in [6, 6.07) is 14.7. The number of nitrogens with one attached hydrogen (secondary N) is 2. The molecule has 4 rings (SSSR count). The van der Waals surface area contributed by atoms with Crippen LogP contribution in [0.5, 0.6) is 0 Å². The maximum absolute atomic E-state index is 12.8. The van der Waals surface area contributed by atoms with Gasteiger partial charge in [-0.3, -0.25) is 9.59 Å². The largest absolute Gasteiger partial charge is 0.372 e. The Kier molecular flexibility index (Phi) is 7.47. The molecule has 8 heteroatoms. The van der Waals surface area contributed by atoms with Crippen LogP contribution >= 0.6 is 0 Å². The van der Waals surface area contributed by atoms with Crippen LogP contribution in [-0.2, 0) is 22.6 Å². The SMILES string of the molecule is CC1CN(C(=O)c2ccc(CNC(=O)NCc3cccc(N4CCCC4=O)c3)cc2)CC(C)O1. The van der Waals surface area contributed by atoms with Crippen LogP contribution in [0, 0.1) is 0 Å². The molecule has 2 unspecified atom stereocenters. The third-order valence-corrected chi connectivity index (χ3v) is 6.11. The second-order valence-electron chi connectivity index (χ2n) is 9.02. The van der Waals surface area contributed by atoms with E-state index in [0.29, 0.717) is 38.2 Å². The van der Waals surface area contributed by atoms with E-state index in [1.807, 2.05) is 55.1 Å². The fourth-order valence-electron chi connectivity index (χ4n) is 4.47. The third kappa shape index (κ3) is 5.94. The van der Waals surface area contributed by atoms with Crippen molar-refractivity contribution in [3.63, 3.8) is 0 Å². The summed E-state index contributed by atoms with van der Waals surface area (Å²) in [5.74, 6) is 0.141. The molecular weight excluding hydrogens is 432 g/mol. The summed E-state index contributed by atoms with van der Waals surface area (Å²) in [7, 11) is 0. The van der Waals surface area contributed by atoms with Crippen LogP contribution in [0.2, 0.25) is 0 Å². The van der Waals surface area contributed by atoms with Gasteiger partial charge >= 0.3 is 6.03 Å². The van der Waals surface area contributed by atoms with Crippen molar-refractivity contribution in [2.75, 3.05) is 24.5 Å². The summed E-state index contributed by atoms with van der Waals surface area (Å²) < 4.78 is 5.70. The van der Waals surface area contributed by atoms with Gasteiger partial charge in [-0.1, -0.05) is 24.3 Å². The molecule has 0 aliphatic carbocycles. The minimum absolute atomic E-state index is 0.00267. The van der Waals surface area contributed by atoms with Crippen LogP contribution in [0.1, 0.15) is 48.2 Å². The Hall–Kier alpha value is -3.39. The van der Waals surface area contributed by atoms with Crippen molar-refractivity contribution in [2.24, 2.45) is 0 Å². The van der Waals surface area contributed by atoms with Gasteiger partial charge in [0.2, 0.25) is 5.91 Å². The molecule has 2 aliphatic heterocycles. The Labute approximate surface area is 200 Å². The smallest absolute Gasteiger partial charge is 0.315 e. The van der Waals surface area contributed by atoms with Crippen LogP contribution in [0.25, 0.3) is 0 Å². The molecule has 0 saturated carbocycles. The van der Waals surface area contributed by atoms with Crippen molar-refractivity contribution >= 4 is 23.5 Å². The van der Waals surface area contributed by atoms with Crippen molar-refractivity contribution < 1.29 is 19.1 Å². The summed E-state index contributed by atoms with van der Waals surface area (Å²) in [4.78, 5) is 40.6. The lowest BCUT2D eigenvalue weighted by atomic mass is 10.1. The molecule has 0 radical (unpaired) electrons. The predicted molar refractivity (Wildman–Crippen MR) is 129 cm³/mol. The molecule has 2 saturated heterocycles. The van der Waals surface area contributed by atoms with E-state index in [-0.39, 0.29) is 30.1 Å². The molecule has 2 fully saturated rings. The number of ether oxygens (including phenoxy) is 1. The van der Waals surface area contributed by atoms with Gasteiger partial charge in [-0.05, 0) is 55.7 Å². The van der Waals surface area contributed by atoms with Crippen molar-refractivity contribution in [1.29, 1.82) is 0 Å². The molecular formula is C26H32N4O4. The summed E-state index contributed by atoms with van der Waals surface area (Å²) in [5.41, 5.74) is 3.34. The Bertz CT molecular complexity index is 1030. The molecule has 8 nitrogen and oxygen atoms in total. The number of urea groups is 1. The number of rotatable bonds is 6. The number of nitrogens with zero attached hydrogens (tertiary/aromatic N) is 2. The van der Waals surface area contributed by atoms with Crippen LogP contribution in [0.15, 0.2) is 48.5 Å². The summed E-state index contributed by atoms with van der Waals surface area (Å²) in [6.07, 6.45) is 1.52. The molecule has 34 heavy (non-hydrogen) atoms. The zero-order chi connectivity index (χ0) is 24.1. The van der Waals surface area contributed by atoms with Gasteiger partial charge in [0.05, 0.1) is 12.2 Å². The van der Waals surface area contributed by atoms with E-state index in [9.17, 15) is 14.4 Å². The zero-order valence-corrected chi connectivity index (χ0v) is 19.8. The lowest BCUT2D eigenvalue weighted by Gasteiger charge is -2.35. The highest BCUT2D eigenvalue weighted by atomic mass is 16.5. The second-order valence-corrected chi connectivity index (χ2v) is 9.02. The minimum Gasteiger partial charge on any atom is -0.372 e. The van der Waals surface area contributed by atoms with E-state index < -0.39 is 0 Å². The Morgan fingerprint density at radius 1 is 0.971 bits per heavy atom. The van der Waals surface area contributed by atoms with Gasteiger partial charge in [-0.25, -0.2) is 4.79 Å². The van der Waals surface area contributed by atoms with Gasteiger partial charge in [0.25, 0.3) is 5.91 Å². The monoisotopic (exact) mass is 464 g/mol. The number of hydrogen-bond acceptors (Lipinski definition) is 4.